The lowest BCUT2D eigenvalue weighted by Gasteiger charge is -2.12. The van der Waals surface area contributed by atoms with Crippen LogP contribution in [0.3, 0.4) is 0 Å². The third kappa shape index (κ3) is 3.68. The van der Waals surface area contributed by atoms with Gasteiger partial charge in [0.15, 0.2) is 0 Å². The minimum absolute atomic E-state index is 0.0303. The van der Waals surface area contributed by atoms with Crippen LogP contribution in [0.4, 0.5) is 0 Å². The summed E-state index contributed by atoms with van der Waals surface area (Å²) >= 11 is 0. The molecule has 2 N–H and O–H groups in total. The minimum Gasteiger partial charge on any atom is -0.492 e. The highest BCUT2D eigenvalue weighted by atomic mass is 32.2. The van der Waals surface area contributed by atoms with E-state index in [0.29, 0.717) is 6.61 Å². The van der Waals surface area contributed by atoms with Gasteiger partial charge in [-0.25, -0.2) is 13.1 Å². The Labute approximate surface area is 113 Å². The van der Waals surface area contributed by atoms with Gasteiger partial charge in [0, 0.05) is 19.2 Å². The number of hydrogen-bond donors (Lipinski definition) is 2. The molecule has 7 heteroatoms. The second-order valence-corrected chi connectivity index (χ2v) is 5.41. The number of ether oxygens (including phenoxy) is 1. The first-order valence-electron chi connectivity index (χ1n) is 5.94. The van der Waals surface area contributed by atoms with Crippen molar-refractivity contribution in [1.82, 2.24) is 10.0 Å². The Hall–Kier alpha value is -1.60. The van der Waals surface area contributed by atoms with E-state index in [4.69, 9.17) is 4.74 Å². The first kappa shape index (κ1) is 15.5. The number of benzene rings is 1. The van der Waals surface area contributed by atoms with Crippen LogP contribution in [0, 0.1) is 0 Å². The van der Waals surface area contributed by atoms with Crippen LogP contribution >= 0.6 is 0 Å². The number of sulfonamides is 1. The summed E-state index contributed by atoms with van der Waals surface area (Å²) in [5.41, 5.74) is 0.266. The molecule has 0 saturated carbocycles. The predicted molar refractivity (Wildman–Crippen MR) is 71.9 cm³/mol. The topological polar surface area (TPSA) is 84.5 Å². The first-order chi connectivity index (χ1) is 8.96. The Kier molecular flexibility index (Phi) is 5.31. The van der Waals surface area contributed by atoms with Gasteiger partial charge in [0.2, 0.25) is 10.0 Å². The molecule has 0 heterocycles. The van der Waals surface area contributed by atoms with Crippen LogP contribution < -0.4 is 14.8 Å². The molecular weight excluding hydrogens is 268 g/mol. The highest BCUT2D eigenvalue weighted by Gasteiger charge is 2.20. The van der Waals surface area contributed by atoms with Gasteiger partial charge in [-0.1, -0.05) is 6.92 Å². The van der Waals surface area contributed by atoms with Gasteiger partial charge in [-0.2, -0.15) is 0 Å². The van der Waals surface area contributed by atoms with Crippen LogP contribution in [0.2, 0.25) is 0 Å². The molecule has 0 atom stereocenters. The Morgan fingerprint density at radius 2 is 2.00 bits per heavy atom. The summed E-state index contributed by atoms with van der Waals surface area (Å²) in [6, 6.07) is 4.31. The van der Waals surface area contributed by atoms with E-state index >= 15 is 0 Å². The molecule has 0 spiro atoms. The molecule has 0 aliphatic rings. The number of amides is 1. The summed E-state index contributed by atoms with van der Waals surface area (Å²) in [5.74, 6) is -0.118. The number of rotatable bonds is 6. The first-order valence-corrected chi connectivity index (χ1v) is 7.43. The summed E-state index contributed by atoms with van der Waals surface area (Å²) in [5, 5.41) is 2.45. The lowest BCUT2D eigenvalue weighted by atomic mass is 10.2. The van der Waals surface area contributed by atoms with E-state index < -0.39 is 10.0 Å². The summed E-state index contributed by atoms with van der Waals surface area (Å²) in [4.78, 5) is 11.5. The molecule has 1 rings (SSSR count). The Balaban J connectivity index is 3.34. The number of hydrogen-bond acceptors (Lipinski definition) is 4. The molecule has 0 aliphatic heterocycles. The van der Waals surface area contributed by atoms with Crippen LogP contribution in [0.25, 0.3) is 0 Å². The molecule has 106 valence electrons. The fraction of sp³-hybridized carbons (Fsp3) is 0.417. The van der Waals surface area contributed by atoms with E-state index in [9.17, 15) is 13.2 Å². The lowest BCUT2D eigenvalue weighted by molar-refractivity contribution is 0.0963. The number of nitrogens with one attached hydrogen (secondary N) is 2. The van der Waals surface area contributed by atoms with Crippen LogP contribution in [0.15, 0.2) is 23.1 Å². The number of carbonyl (C=O) groups excluding carboxylic acids is 1. The maximum absolute atomic E-state index is 12.1. The van der Waals surface area contributed by atoms with Crippen LogP contribution in [-0.4, -0.2) is 34.5 Å². The second-order valence-electron chi connectivity index (χ2n) is 3.67. The van der Waals surface area contributed by atoms with Gasteiger partial charge in [-0.15, -0.1) is 0 Å². The molecule has 0 aliphatic carbocycles. The largest absolute Gasteiger partial charge is 0.492 e. The number of carbonyl (C=O) groups is 1. The molecule has 1 aromatic rings. The van der Waals surface area contributed by atoms with Gasteiger partial charge in [-0.05, 0) is 25.1 Å². The summed E-state index contributed by atoms with van der Waals surface area (Å²) < 4.78 is 31.8. The van der Waals surface area contributed by atoms with Crippen molar-refractivity contribution in [2.45, 2.75) is 18.7 Å². The molecule has 0 aromatic heterocycles. The molecule has 19 heavy (non-hydrogen) atoms. The van der Waals surface area contributed by atoms with Crippen molar-refractivity contribution in [3.63, 3.8) is 0 Å². The highest BCUT2D eigenvalue weighted by Crippen LogP contribution is 2.25. The van der Waals surface area contributed by atoms with Crippen molar-refractivity contribution < 1.29 is 17.9 Å². The zero-order valence-corrected chi connectivity index (χ0v) is 12.0. The lowest BCUT2D eigenvalue weighted by Crippen LogP contribution is -2.25. The normalized spacial score (nSPS) is 11.1. The van der Waals surface area contributed by atoms with Gasteiger partial charge in [0.1, 0.15) is 10.6 Å². The molecular formula is C12H18N2O4S. The molecule has 1 amide bonds. The zero-order chi connectivity index (χ0) is 14.5. The maximum Gasteiger partial charge on any atom is 0.251 e. The Morgan fingerprint density at radius 1 is 1.32 bits per heavy atom. The fourth-order valence-corrected chi connectivity index (χ4v) is 2.76. The standard InChI is InChI=1S/C12H18N2O4S/c1-4-14-19(16,17)11-8-9(12(15)13-3)6-7-10(11)18-5-2/h6-8,14H,4-5H2,1-3H3,(H,13,15). The zero-order valence-electron chi connectivity index (χ0n) is 11.2. The van der Waals surface area contributed by atoms with E-state index in [-0.39, 0.29) is 28.7 Å². The van der Waals surface area contributed by atoms with Crippen molar-refractivity contribution >= 4 is 15.9 Å². The quantitative estimate of drug-likeness (QED) is 0.808. The monoisotopic (exact) mass is 286 g/mol. The van der Waals surface area contributed by atoms with Crippen molar-refractivity contribution in [3.8, 4) is 5.75 Å². The van der Waals surface area contributed by atoms with E-state index in [0.717, 1.165) is 0 Å². The highest BCUT2D eigenvalue weighted by molar-refractivity contribution is 7.89. The van der Waals surface area contributed by atoms with Crippen molar-refractivity contribution in [2.75, 3.05) is 20.2 Å². The third-order valence-electron chi connectivity index (χ3n) is 2.36. The second kappa shape index (κ2) is 6.53. The van der Waals surface area contributed by atoms with Gasteiger partial charge in [0.05, 0.1) is 6.61 Å². The smallest absolute Gasteiger partial charge is 0.251 e. The van der Waals surface area contributed by atoms with Crippen LogP contribution in [0.5, 0.6) is 5.75 Å². The van der Waals surface area contributed by atoms with Gasteiger partial charge in [0.25, 0.3) is 5.91 Å². The molecule has 0 radical (unpaired) electrons. The van der Waals surface area contributed by atoms with E-state index in [1.807, 2.05) is 0 Å². The van der Waals surface area contributed by atoms with E-state index in [1.165, 1.54) is 25.2 Å². The molecule has 0 fully saturated rings. The molecule has 0 bridgehead atoms. The summed E-state index contributed by atoms with van der Waals surface area (Å²) in [6.45, 7) is 4.04. The molecule has 0 unspecified atom stereocenters. The summed E-state index contributed by atoms with van der Waals surface area (Å²) in [7, 11) is -2.20. The molecule has 0 saturated heterocycles. The van der Waals surface area contributed by atoms with Crippen LogP contribution in [0.1, 0.15) is 24.2 Å². The maximum atomic E-state index is 12.1. The van der Waals surface area contributed by atoms with Gasteiger partial charge >= 0.3 is 0 Å². The third-order valence-corrected chi connectivity index (χ3v) is 3.92. The van der Waals surface area contributed by atoms with E-state index in [1.54, 1.807) is 13.8 Å². The average molecular weight is 286 g/mol. The SMILES string of the molecule is CCNS(=O)(=O)c1cc(C(=O)NC)ccc1OCC. The Bertz CT molecular complexity index is 555. The van der Waals surface area contributed by atoms with Crippen LogP contribution in [-0.2, 0) is 10.0 Å². The Morgan fingerprint density at radius 3 is 2.53 bits per heavy atom. The van der Waals surface area contributed by atoms with Crippen molar-refractivity contribution in [3.05, 3.63) is 23.8 Å². The molecule has 1 aromatic carbocycles. The van der Waals surface area contributed by atoms with Gasteiger partial charge in [-0.3, -0.25) is 4.79 Å². The minimum atomic E-state index is -3.68. The molecule has 6 nitrogen and oxygen atoms in total. The van der Waals surface area contributed by atoms with Gasteiger partial charge < -0.3 is 10.1 Å². The van der Waals surface area contributed by atoms with E-state index in [2.05, 4.69) is 10.0 Å². The fourth-order valence-electron chi connectivity index (χ4n) is 1.55. The van der Waals surface area contributed by atoms with Crippen molar-refractivity contribution in [2.24, 2.45) is 0 Å². The predicted octanol–water partition coefficient (Wildman–Crippen LogP) is 0.743. The average Bonchev–Trinajstić information content (AvgIpc) is 2.38. The summed E-state index contributed by atoms with van der Waals surface area (Å²) in [6.07, 6.45) is 0. The van der Waals surface area contributed by atoms with Crippen molar-refractivity contribution in [1.29, 1.82) is 0 Å².